The van der Waals surface area contributed by atoms with Gasteiger partial charge in [-0.1, -0.05) is 68.4 Å². The molecule has 0 aliphatic carbocycles. The molecule has 1 aromatic heterocycles. The lowest BCUT2D eigenvalue weighted by Gasteiger charge is -2.21. The van der Waals surface area contributed by atoms with Crippen molar-refractivity contribution in [3.63, 3.8) is 0 Å². The first kappa shape index (κ1) is 23.4. The van der Waals surface area contributed by atoms with Crippen molar-refractivity contribution in [1.82, 2.24) is 4.98 Å². The van der Waals surface area contributed by atoms with Crippen molar-refractivity contribution >= 4 is 11.8 Å². The zero-order valence-corrected chi connectivity index (χ0v) is 19.0. The third-order valence-electron chi connectivity index (χ3n) is 5.29. The second kappa shape index (κ2) is 10.9. The molecule has 32 heavy (non-hydrogen) atoms. The van der Waals surface area contributed by atoms with Gasteiger partial charge in [0.1, 0.15) is 6.61 Å². The number of anilines is 1. The minimum Gasteiger partial charge on any atom is -0.444 e. The highest BCUT2D eigenvalue weighted by Crippen LogP contribution is 2.36. The molecule has 0 fully saturated rings. The summed E-state index contributed by atoms with van der Waals surface area (Å²) in [7, 11) is 0. The van der Waals surface area contributed by atoms with Gasteiger partial charge in [-0.3, -0.25) is 10.3 Å². The molecule has 0 aliphatic heterocycles. The van der Waals surface area contributed by atoms with Gasteiger partial charge in [0.2, 0.25) is 0 Å². The number of carbonyl (C=O) groups excluding carboxylic acids is 1. The SMILES string of the molecule is Cc1nc(CC(C)C)c(CN)c(-c2ccc(CN)cc2)c1NC(=O)OCc1ccccc1. The number of benzene rings is 2. The number of pyridine rings is 1. The molecule has 0 atom stereocenters. The molecule has 0 radical (unpaired) electrons. The van der Waals surface area contributed by atoms with E-state index in [2.05, 4.69) is 19.2 Å². The van der Waals surface area contributed by atoms with Crippen molar-refractivity contribution in [2.45, 2.75) is 46.9 Å². The molecule has 0 spiro atoms. The maximum Gasteiger partial charge on any atom is 0.412 e. The monoisotopic (exact) mass is 432 g/mol. The van der Waals surface area contributed by atoms with Gasteiger partial charge in [0, 0.05) is 24.3 Å². The van der Waals surface area contributed by atoms with Crippen molar-refractivity contribution in [3.8, 4) is 11.1 Å². The second-order valence-corrected chi connectivity index (χ2v) is 8.26. The third kappa shape index (κ3) is 5.72. The van der Waals surface area contributed by atoms with Gasteiger partial charge < -0.3 is 16.2 Å². The van der Waals surface area contributed by atoms with Crippen molar-refractivity contribution in [2.75, 3.05) is 5.32 Å². The Bertz CT molecular complexity index is 1050. The minimum atomic E-state index is -0.529. The van der Waals surface area contributed by atoms with Gasteiger partial charge in [0.15, 0.2) is 0 Å². The first-order valence-corrected chi connectivity index (χ1v) is 10.9. The zero-order valence-electron chi connectivity index (χ0n) is 19.0. The molecular formula is C26H32N4O2. The van der Waals surface area contributed by atoms with Crippen LogP contribution in [-0.4, -0.2) is 11.1 Å². The highest BCUT2D eigenvalue weighted by molar-refractivity contribution is 5.94. The van der Waals surface area contributed by atoms with Crippen LogP contribution in [0.3, 0.4) is 0 Å². The van der Waals surface area contributed by atoms with Crippen LogP contribution in [0, 0.1) is 12.8 Å². The Morgan fingerprint density at radius 2 is 1.69 bits per heavy atom. The number of hydrogen-bond acceptors (Lipinski definition) is 5. The molecule has 6 nitrogen and oxygen atoms in total. The minimum absolute atomic E-state index is 0.189. The van der Waals surface area contributed by atoms with Crippen LogP contribution in [-0.2, 0) is 30.9 Å². The summed E-state index contributed by atoms with van der Waals surface area (Å²) in [5.74, 6) is 0.425. The molecule has 1 amide bonds. The number of nitrogens with zero attached hydrogens (tertiary/aromatic N) is 1. The summed E-state index contributed by atoms with van der Waals surface area (Å²) in [6.45, 7) is 7.18. The summed E-state index contributed by atoms with van der Waals surface area (Å²) < 4.78 is 5.46. The Kier molecular flexibility index (Phi) is 7.98. The quantitative estimate of drug-likeness (QED) is 0.469. The molecule has 0 aliphatic rings. The van der Waals surface area contributed by atoms with Gasteiger partial charge in [0.25, 0.3) is 0 Å². The summed E-state index contributed by atoms with van der Waals surface area (Å²) >= 11 is 0. The Morgan fingerprint density at radius 3 is 2.28 bits per heavy atom. The van der Waals surface area contributed by atoms with Crippen LogP contribution >= 0.6 is 0 Å². The van der Waals surface area contributed by atoms with Crippen LogP contribution in [0.4, 0.5) is 10.5 Å². The predicted octanol–water partition coefficient (Wildman–Crippen LogP) is 4.92. The molecule has 6 heteroatoms. The first-order valence-electron chi connectivity index (χ1n) is 10.9. The van der Waals surface area contributed by atoms with E-state index in [1.807, 2.05) is 61.5 Å². The lowest BCUT2D eigenvalue weighted by molar-refractivity contribution is 0.155. The summed E-state index contributed by atoms with van der Waals surface area (Å²) in [5, 5.41) is 2.93. The Balaban J connectivity index is 2.00. The molecule has 1 heterocycles. The van der Waals surface area contributed by atoms with Crippen molar-refractivity contribution in [1.29, 1.82) is 0 Å². The molecule has 0 saturated heterocycles. The number of nitrogens with two attached hydrogens (primary N) is 2. The number of ether oxygens (including phenoxy) is 1. The highest BCUT2D eigenvalue weighted by atomic mass is 16.5. The largest absolute Gasteiger partial charge is 0.444 e. The highest BCUT2D eigenvalue weighted by Gasteiger charge is 2.21. The van der Waals surface area contributed by atoms with E-state index in [0.717, 1.165) is 45.6 Å². The Morgan fingerprint density at radius 1 is 1.00 bits per heavy atom. The average Bonchev–Trinajstić information content (AvgIpc) is 2.79. The number of rotatable bonds is 8. The molecular weight excluding hydrogens is 400 g/mol. The van der Waals surface area contributed by atoms with Crippen LogP contribution in [0.2, 0.25) is 0 Å². The summed E-state index contributed by atoms with van der Waals surface area (Å²) in [6, 6.07) is 17.6. The Labute approximate surface area is 190 Å². The summed E-state index contributed by atoms with van der Waals surface area (Å²) in [6.07, 6.45) is 0.276. The summed E-state index contributed by atoms with van der Waals surface area (Å²) in [4.78, 5) is 17.5. The van der Waals surface area contributed by atoms with E-state index < -0.39 is 6.09 Å². The van der Waals surface area contributed by atoms with E-state index in [-0.39, 0.29) is 6.61 Å². The van der Waals surface area contributed by atoms with Gasteiger partial charge in [0.05, 0.1) is 11.4 Å². The first-order chi connectivity index (χ1) is 15.4. The summed E-state index contributed by atoms with van der Waals surface area (Å²) in [5.41, 5.74) is 19.0. The maximum absolute atomic E-state index is 12.7. The number of hydrogen-bond donors (Lipinski definition) is 3. The molecule has 0 unspecified atom stereocenters. The van der Waals surface area contributed by atoms with E-state index in [1.54, 1.807) is 0 Å². The smallest absolute Gasteiger partial charge is 0.412 e. The second-order valence-electron chi connectivity index (χ2n) is 8.26. The van der Waals surface area contributed by atoms with Gasteiger partial charge in [-0.05, 0) is 41.5 Å². The van der Waals surface area contributed by atoms with Crippen molar-refractivity contribution < 1.29 is 9.53 Å². The molecule has 2 aromatic carbocycles. The van der Waals surface area contributed by atoms with Crippen LogP contribution in [0.5, 0.6) is 0 Å². The number of carbonyl (C=O) groups is 1. The maximum atomic E-state index is 12.7. The molecule has 0 saturated carbocycles. The van der Waals surface area contributed by atoms with Gasteiger partial charge in [-0.15, -0.1) is 0 Å². The average molecular weight is 433 g/mol. The van der Waals surface area contributed by atoms with Gasteiger partial charge in [-0.2, -0.15) is 0 Å². The van der Waals surface area contributed by atoms with Crippen LogP contribution in [0.1, 0.15) is 41.9 Å². The van der Waals surface area contributed by atoms with Crippen LogP contribution in [0.25, 0.3) is 11.1 Å². The van der Waals surface area contributed by atoms with Crippen molar-refractivity contribution in [3.05, 3.63) is 82.7 Å². The van der Waals surface area contributed by atoms with Crippen molar-refractivity contribution in [2.24, 2.45) is 17.4 Å². The fourth-order valence-corrected chi connectivity index (χ4v) is 3.72. The fourth-order valence-electron chi connectivity index (χ4n) is 3.72. The lowest BCUT2D eigenvalue weighted by Crippen LogP contribution is -2.18. The van der Waals surface area contributed by atoms with E-state index in [4.69, 9.17) is 21.2 Å². The number of aromatic nitrogens is 1. The van der Waals surface area contributed by atoms with Gasteiger partial charge >= 0.3 is 6.09 Å². The van der Waals surface area contributed by atoms with E-state index >= 15 is 0 Å². The molecule has 3 rings (SSSR count). The van der Waals surface area contributed by atoms with E-state index in [0.29, 0.717) is 24.7 Å². The van der Waals surface area contributed by atoms with Crippen LogP contribution in [0.15, 0.2) is 54.6 Å². The van der Waals surface area contributed by atoms with E-state index in [9.17, 15) is 4.79 Å². The number of nitrogens with one attached hydrogen (secondary N) is 1. The van der Waals surface area contributed by atoms with Crippen LogP contribution < -0.4 is 16.8 Å². The zero-order chi connectivity index (χ0) is 23.1. The normalized spacial score (nSPS) is 10.9. The van der Waals surface area contributed by atoms with Gasteiger partial charge in [-0.25, -0.2) is 4.79 Å². The fraction of sp³-hybridized carbons (Fsp3) is 0.308. The topological polar surface area (TPSA) is 103 Å². The molecule has 3 aromatic rings. The number of aryl methyl sites for hydroxylation is 1. The van der Waals surface area contributed by atoms with E-state index in [1.165, 1.54) is 0 Å². The third-order valence-corrected chi connectivity index (χ3v) is 5.29. The predicted molar refractivity (Wildman–Crippen MR) is 129 cm³/mol. The standard InChI is InChI=1S/C26H32N4O2/c1-17(2)13-23-22(15-28)24(21-11-9-19(14-27)10-12-21)25(18(3)29-23)30-26(31)32-16-20-7-5-4-6-8-20/h4-12,17H,13-16,27-28H2,1-3H3,(H,30,31). The molecule has 5 N–H and O–H groups in total. The Hall–Kier alpha value is -3.22. The lowest BCUT2D eigenvalue weighted by atomic mass is 9.92. The molecule has 0 bridgehead atoms. The molecule has 168 valence electrons. The number of amides is 1.